The van der Waals surface area contributed by atoms with Crippen LogP contribution in [0.15, 0.2) is 24.3 Å². The molecule has 0 radical (unpaired) electrons. The van der Waals surface area contributed by atoms with Gasteiger partial charge in [-0.15, -0.1) is 0 Å². The molecule has 0 bridgehead atoms. The zero-order valence-corrected chi connectivity index (χ0v) is 15.1. The Morgan fingerprint density at radius 1 is 1.26 bits per heavy atom. The van der Waals surface area contributed by atoms with Gasteiger partial charge in [0.2, 0.25) is 0 Å². The first-order chi connectivity index (χ1) is 11.0. The van der Waals surface area contributed by atoms with Crippen molar-refractivity contribution >= 4 is 23.2 Å². The predicted molar refractivity (Wildman–Crippen MR) is 98.5 cm³/mol. The molecule has 0 saturated heterocycles. The number of hydrogen-bond donors (Lipinski definition) is 2. The minimum atomic E-state index is -0.0617. The van der Waals surface area contributed by atoms with Gasteiger partial charge in [-0.2, -0.15) is 0 Å². The van der Waals surface area contributed by atoms with Gasteiger partial charge >= 0.3 is 0 Å². The van der Waals surface area contributed by atoms with Crippen molar-refractivity contribution in [3.8, 4) is 0 Å². The summed E-state index contributed by atoms with van der Waals surface area (Å²) >= 11 is 5.55. The van der Waals surface area contributed by atoms with Gasteiger partial charge in [-0.1, -0.05) is 31.9 Å². The van der Waals surface area contributed by atoms with Crippen LogP contribution in [0.4, 0.5) is 0 Å². The average molecular weight is 334 g/mol. The molecule has 1 fully saturated rings. The standard InChI is InChI=1S/C18H27N3OS/c1-13-6-4-5-7-16(13)20-18(23)21(3)12-14-8-10-15(11-9-14)17(22)19-2/h8-11,13,16H,4-7,12H2,1-3H3,(H,19,22)(H,20,23)/t13-,16-/m1/s1. The normalized spacial score (nSPS) is 20.7. The highest BCUT2D eigenvalue weighted by molar-refractivity contribution is 7.80. The summed E-state index contributed by atoms with van der Waals surface area (Å²) in [4.78, 5) is 13.6. The third kappa shape index (κ3) is 4.93. The van der Waals surface area contributed by atoms with Crippen molar-refractivity contribution in [2.45, 2.75) is 45.2 Å². The molecule has 0 unspecified atom stereocenters. The lowest BCUT2D eigenvalue weighted by Gasteiger charge is -2.33. The molecule has 0 aromatic heterocycles. The maximum absolute atomic E-state index is 11.6. The summed E-state index contributed by atoms with van der Waals surface area (Å²) in [6.07, 6.45) is 5.11. The van der Waals surface area contributed by atoms with Crippen LogP contribution in [0, 0.1) is 5.92 Å². The molecule has 0 aliphatic heterocycles. The molecule has 2 atom stereocenters. The van der Waals surface area contributed by atoms with Crippen LogP contribution in [0.1, 0.15) is 48.5 Å². The Morgan fingerprint density at radius 2 is 1.91 bits per heavy atom. The van der Waals surface area contributed by atoms with Crippen molar-refractivity contribution in [2.24, 2.45) is 5.92 Å². The molecule has 1 aliphatic rings. The van der Waals surface area contributed by atoms with Crippen molar-refractivity contribution in [3.63, 3.8) is 0 Å². The van der Waals surface area contributed by atoms with Crippen LogP contribution in [0.2, 0.25) is 0 Å². The fourth-order valence-electron chi connectivity index (χ4n) is 3.05. The van der Waals surface area contributed by atoms with Crippen LogP contribution in [0.3, 0.4) is 0 Å². The van der Waals surface area contributed by atoms with Crippen LogP contribution < -0.4 is 10.6 Å². The lowest BCUT2D eigenvalue weighted by Crippen LogP contribution is -2.46. The fraction of sp³-hybridized carbons (Fsp3) is 0.556. The Bertz CT molecular complexity index is 544. The SMILES string of the molecule is CNC(=O)c1ccc(CN(C)C(=S)N[C@@H]2CCCC[C@H]2C)cc1. The first-order valence-electron chi connectivity index (χ1n) is 8.34. The second kappa shape index (κ2) is 8.29. The maximum Gasteiger partial charge on any atom is 0.251 e. The van der Waals surface area contributed by atoms with Crippen LogP contribution in [0.5, 0.6) is 0 Å². The fourth-order valence-corrected chi connectivity index (χ4v) is 3.27. The van der Waals surface area contributed by atoms with Crippen molar-refractivity contribution in [1.29, 1.82) is 0 Å². The van der Waals surface area contributed by atoms with Gasteiger partial charge in [-0.3, -0.25) is 4.79 Å². The Labute approximate surface area is 144 Å². The van der Waals surface area contributed by atoms with Gasteiger partial charge < -0.3 is 15.5 Å². The summed E-state index contributed by atoms with van der Waals surface area (Å²) < 4.78 is 0. The molecule has 1 saturated carbocycles. The average Bonchev–Trinajstić information content (AvgIpc) is 2.56. The molecule has 1 aliphatic carbocycles. The molecular formula is C18H27N3OS. The zero-order valence-electron chi connectivity index (χ0n) is 14.3. The van der Waals surface area contributed by atoms with Gasteiger partial charge in [0.15, 0.2) is 5.11 Å². The third-order valence-electron chi connectivity index (χ3n) is 4.63. The zero-order chi connectivity index (χ0) is 16.8. The first kappa shape index (κ1) is 17.7. The summed E-state index contributed by atoms with van der Waals surface area (Å²) in [5, 5.41) is 6.95. The van der Waals surface area contributed by atoms with E-state index in [0.29, 0.717) is 17.5 Å². The van der Waals surface area contributed by atoms with Crippen LogP contribution >= 0.6 is 12.2 Å². The summed E-state index contributed by atoms with van der Waals surface area (Å²) in [7, 11) is 3.65. The number of carbonyl (C=O) groups is 1. The van der Waals surface area contributed by atoms with E-state index in [1.165, 1.54) is 25.7 Å². The lowest BCUT2D eigenvalue weighted by molar-refractivity contribution is 0.0963. The Hall–Kier alpha value is -1.62. The number of thiocarbonyl (C=S) groups is 1. The quantitative estimate of drug-likeness (QED) is 0.832. The van der Waals surface area contributed by atoms with Crippen LogP contribution in [-0.2, 0) is 6.54 Å². The monoisotopic (exact) mass is 333 g/mol. The molecule has 23 heavy (non-hydrogen) atoms. The molecule has 1 amide bonds. The summed E-state index contributed by atoms with van der Waals surface area (Å²) in [5.41, 5.74) is 1.82. The minimum absolute atomic E-state index is 0.0617. The third-order valence-corrected chi connectivity index (χ3v) is 5.06. The number of nitrogens with zero attached hydrogens (tertiary/aromatic N) is 1. The lowest BCUT2D eigenvalue weighted by atomic mass is 9.86. The minimum Gasteiger partial charge on any atom is -0.360 e. The number of rotatable bonds is 4. The molecule has 4 nitrogen and oxygen atoms in total. The van der Waals surface area contributed by atoms with E-state index in [4.69, 9.17) is 12.2 Å². The maximum atomic E-state index is 11.6. The van der Waals surface area contributed by atoms with E-state index >= 15 is 0 Å². The first-order valence-corrected chi connectivity index (χ1v) is 8.74. The van der Waals surface area contributed by atoms with Gasteiger partial charge in [0.05, 0.1) is 0 Å². The van der Waals surface area contributed by atoms with Gasteiger partial charge in [0, 0.05) is 32.2 Å². The van der Waals surface area contributed by atoms with E-state index < -0.39 is 0 Å². The highest BCUT2D eigenvalue weighted by Crippen LogP contribution is 2.23. The molecule has 126 valence electrons. The van der Waals surface area contributed by atoms with Crippen molar-refractivity contribution in [2.75, 3.05) is 14.1 Å². The molecule has 5 heteroatoms. The summed E-state index contributed by atoms with van der Waals surface area (Å²) in [5.74, 6) is 0.621. The van der Waals surface area contributed by atoms with E-state index in [0.717, 1.165) is 17.2 Å². The number of nitrogens with one attached hydrogen (secondary N) is 2. The van der Waals surface area contributed by atoms with Gasteiger partial charge in [-0.05, 0) is 48.7 Å². The van der Waals surface area contributed by atoms with E-state index in [9.17, 15) is 4.79 Å². The number of amides is 1. The van der Waals surface area contributed by atoms with Crippen LogP contribution in [-0.4, -0.2) is 36.1 Å². The molecule has 0 heterocycles. The van der Waals surface area contributed by atoms with Crippen LogP contribution in [0.25, 0.3) is 0 Å². The van der Waals surface area contributed by atoms with E-state index in [-0.39, 0.29) is 5.91 Å². The van der Waals surface area contributed by atoms with Gasteiger partial charge in [0.25, 0.3) is 5.91 Å². The number of hydrogen-bond acceptors (Lipinski definition) is 2. The molecule has 1 aromatic rings. The molecule has 2 N–H and O–H groups in total. The Kier molecular flexibility index (Phi) is 6.39. The van der Waals surface area contributed by atoms with Gasteiger partial charge in [-0.25, -0.2) is 0 Å². The molecular weight excluding hydrogens is 306 g/mol. The predicted octanol–water partition coefficient (Wildman–Crippen LogP) is 2.93. The Morgan fingerprint density at radius 3 is 2.52 bits per heavy atom. The summed E-state index contributed by atoms with van der Waals surface area (Å²) in [6, 6.07) is 8.15. The molecule has 1 aromatic carbocycles. The number of benzene rings is 1. The van der Waals surface area contributed by atoms with E-state index in [2.05, 4.69) is 22.5 Å². The summed E-state index contributed by atoms with van der Waals surface area (Å²) in [6.45, 7) is 3.04. The van der Waals surface area contributed by atoms with Crippen molar-refractivity contribution in [3.05, 3.63) is 35.4 Å². The largest absolute Gasteiger partial charge is 0.360 e. The van der Waals surface area contributed by atoms with Crippen molar-refractivity contribution in [1.82, 2.24) is 15.5 Å². The second-order valence-corrected chi connectivity index (χ2v) is 6.84. The topological polar surface area (TPSA) is 44.4 Å². The van der Waals surface area contributed by atoms with E-state index in [1.807, 2.05) is 31.3 Å². The Balaban J connectivity index is 1.89. The van der Waals surface area contributed by atoms with Crippen molar-refractivity contribution < 1.29 is 4.79 Å². The highest BCUT2D eigenvalue weighted by Gasteiger charge is 2.22. The van der Waals surface area contributed by atoms with E-state index in [1.54, 1.807) is 7.05 Å². The number of carbonyl (C=O) groups excluding carboxylic acids is 1. The molecule has 2 rings (SSSR count). The second-order valence-electron chi connectivity index (χ2n) is 6.45. The van der Waals surface area contributed by atoms with Gasteiger partial charge in [0.1, 0.15) is 0 Å². The smallest absolute Gasteiger partial charge is 0.251 e. The molecule has 0 spiro atoms. The highest BCUT2D eigenvalue weighted by atomic mass is 32.1.